The van der Waals surface area contributed by atoms with Crippen molar-refractivity contribution < 1.29 is 341 Å². The van der Waals surface area contributed by atoms with E-state index in [2.05, 4.69) is 4.12 Å². The molecule has 0 aromatic rings. The van der Waals surface area contributed by atoms with Crippen molar-refractivity contribution in [1.29, 1.82) is 0 Å². The van der Waals surface area contributed by atoms with Crippen molar-refractivity contribution in [2.75, 3.05) is 0 Å². The molecule has 0 aliphatic heterocycles. The summed E-state index contributed by atoms with van der Waals surface area (Å²) in [5, 5.41) is 0. The molecule has 0 aromatic heterocycles. The summed E-state index contributed by atoms with van der Waals surface area (Å²) in [4.78, 5) is 56.2. The molecule has 0 rings (SSSR count). The molecule has 0 aliphatic rings. The summed E-state index contributed by atoms with van der Waals surface area (Å²) in [7, 11) is -11.8. The molecule has 0 aromatic carbocycles. The van der Waals surface area contributed by atoms with Crippen LogP contribution in [0.5, 0.6) is 0 Å². The molecular weight excluding hydrogens is 403 g/mol. The Morgan fingerprint density at radius 2 is 0.600 bits per heavy atom. The maximum atomic E-state index is 9.36. The predicted octanol–water partition coefficient (Wildman–Crippen LogP) is -25.9. The van der Waals surface area contributed by atoms with Crippen molar-refractivity contribution in [3.63, 3.8) is 0 Å². The van der Waals surface area contributed by atoms with Gasteiger partial charge in [-0.3, -0.25) is 0 Å². The number of rotatable bonds is 2. The molecule has 0 amide bonds. The van der Waals surface area contributed by atoms with Crippen LogP contribution in [0.3, 0.4) is 0 Å². The maximum Gasteiger partial charge on any atom is 1.00 e. The third kappa shape index (κ3) is 45.4. The SMILES string of the molecule is [K+].[K+].[K+].[K+].[K+].[K+].[O-][Si]([O-])([O-])O[Si]([O-])([O-])[O-]. The second kappa shape index (κ2) is 24.0. The smallest absolute Gasteiger partial charge is 0.862 e. The summed E-state index contributed by atoms with van der Waals surface area (Å²) in [6.07, 6.45) is 0. The first-order valence-corrected chi connectivity index (χ1v) is 4.90. The van der Waals surface area contributed by atoms with Gasteiger partial charge in [0.05, 0.1) is 0 Å². The van der Waals surface area contributed by atoms with Gasteiger partial charge in [-0.15, -0.1) is 18.1 Å². The van der Waals surface area contributed by atoms with E-state index in [1.54, 1.807) is 0 Å². The average Bonchev–Trinajstić information content (AvgIpc) is 1.14. The van der Waals surface area contributed by atoms with E-state index in [1.807, 2.05) is 0 Å². The molecule has 56 valence electrons. The Balaban J connectivity index is -0.0000000213. The summed E-state index contributed by atoms with van der Waals surface area (Å²) < 4.78 is 2.57. The van der Waals surface area contributed by atoms with E-state index in [4.69, 9.17) is 0 Å². The van der Waals surface area contributed by atoms with Gasteiger partial charge in [0, 0.05) is 0 Å². The van der Waals surface area contributed by atoms with Crippen LogP contribution in [0, 0.1) is 0 Å². The second-order valence-corrected chi connectivity index (χ2v) is 3.92. The van der Waals surface area contributed by atoms with E-state index in [-0.39, 0.29) is 308 Å². The summed E-state index contributed by atoms with van der Waals surface area (Å²) in [5.74, 6) is 0. The Morgan fingerprint density at radius 1 is 0.467 bits per heavy atom. The van der Waals surface area contributed by atoms with Crippen LogP contribution in [0.25, 0.3) is 0 Å². The van der Waals surface area contributed by atoms with Crippen LogP contribution in [0.2, 0.25) is 0 Å². The topological polar surface area (TPSA) is 148 Å². The minimum atomic E-state index is -5.92. The third-order valence-corrected chi connectivity index (χ3v) is 2.25. The Hall–Kier alpha value is 9.97. The molecule has 7 nitrogen and oxygen atoms in total. The van der Waals surface area contributed by atoms with E-state index in [0.29, 0.717) is 0 Å². The zero-order valence-electron chi connectivity index (χ0n) is 9.86. The minimum Gasteiger partial charge on any atom is -0.862 e. The molecule has 0 atom stereocenters. The van der Waals surface area contributed by atoms with Gasteiger partial charge in [-0.25, -0.2) is 0 Å². The molecule has 0 aliphatic carbocycles. The van der Waals surface area contributed by atoms with Crippen molar-refractivity contribution in [2.45, 2.75) is 0 Å². The van der Waals surface area contributed by atoms with Crippen molar-refractivity contribution >= 4 is 18.1 Å². The first kappa shape index (κ1) is 44.4. The molecule has 15 heteroatoms. The standard InChI is InChI=1S/6K.O7Si2/c;;;;;;1-8(2,3)7-9(4,5)6/q6*+1;-6. The molecule has 0 saturated carbocycles. The van der Waals surface area contributed by atoms with E-state index in [9.17, 15) is 28.8 Å². The monoisotopic (exact) mass is 402 g/mol. The Kier molecular flexibility index (Phi) is 71.0. The van der Waals surface area contributed by atoms with Gasteiger partial charge in [-0.2, -0.15) is 0 Å². The molecule has 0 N–H and O–H groups in total. The van der Waals surface area contributed by atoms with Crippen molar-refractivity contribution in [2.24, 2.45) is 0 Å². The fraction of sp³-hybridized carbons (Fsp3) is 0. The molecular formula is K6O7Si2. The predicted molar refractivity (Wildman–Crippen MR) is 12.6 cm³/mol. The molecule has 0 saturated heterocycles. The Bertz CT molecular complexity index is 86.6. The normalized spacial score (nSPS) is 8.40. The van der Waals surface area contributed by atoms with Crippen LogP contribution in [-0.4, -0.2) is 18.1 Å². The average molecular weight is 403 g/mol. The van der Waals surface area contributed by atoms with E-state index < -0.39 is 18.1 Å². The van der Waals surface area contributed by atoms with Gasteiger partial charge in [0.1, 0.15) is 0 Å². The van der Waals surface area contributed by atoms with Gasteiger partial charge in [0.15, 0.2) is 0 Å². The zero-order valence-corrected chi connectivity index (χ0v) is 30.6. The van der Waals surface area contributed by atoms with Crippen LogP contribution in [-0.2, 0) is 4.12 Å². The molecule has 0 heterocycles. The third-order valence-electron chi connectivity index (χ3n) is 0.250. The van der Waals surface area contributed by atoms with E-state index in [0.717, 1.165) is 0 Å². The van der Waals surface area contributed by atoms with Gasteiger partial charge in [0.2, 0.25) is 0 Å². The van der Waals surface area contributed by atoms with Crippen LogP contribution in [0.4, 0.5) is 0 Å². The quantitative estimate of drug-likeness (QED) is 0.416. The van der Waals surface area contributed by atoms with Crippen molar-refractivity contribution in [3.8, 4) is 0 Å². The van der Waals surface area contributed by atoms with E-state index in [1.165, 1.54) is 0 Å². The first-order chi connectivity index (χ1) is 3.71. The summed E-state index contributed by atoms with van der Waals surface area (Å²) >= 11 is 0. The Morgan fingerprint density at radius 3 is 0.600 bits per heavy atom. The first-order valence-electron chi connectivity index (χ1n) is 1.63. The van der Waals surface area contributed by atoms with Crippen LogP contribution in [0.15, 0.2) is 0 Å². The number of hydrogen-bond acceptors (Lipinski definition) is 7. The molecule has 15 heavy (non-hydrogen) atoms. The van der Waals surface area contributed by atoms with Crippen molar-refractivity contribution in [1.82, 2.24) is 0 Å². The molecule has 0 spiro atoms. The zero-order chi connectivity index (χ0) is 7.71. The summed E-state index contributed by atoms with van der Waals surface area (Å²) in [6, 6.07) is 0. The Labute approximate surface area is 346 Å². The molecule has 0 fully saturated rings. The van der Waals surface area contributed by atoms with Crippen LogP contribution < -0.4 is 337 Å². The summed E-state index contributed by atoms with van der Waals surface area (Å²) in [5.41, 5.74) is 0. The van der Waals surface area contributed by atoms with Gasteiger partial charge >= 0.3 is 308 Å². The minimum absolute atomic E-state index is 0. The molecule has 0 bridgehead atoms. The van der Waals surface area contributed by atoms with Crippen LogP contribution in [0.1, 0.15) is 0 Å². The number of hydrogen-bond donors (Lipinski definition) is 0. The summed E-state index contributed by atoms with van der Waals surface area (Å²) in [6.45, 7) is 0. The second-order valence-electron chi connectivity index (χ2n) is 1.10. The molecule has 0 radical (unpaired) electrons. The van der Waals surface area contributed by atoms with Gasteiger partial charge in [0.25, 0.3) is 0 Å². The fourth-order valence-corrected chi connectivity index (χ4v) is 1.38. The van der Waals surface area contributed by atoms with Crippen LogP contribution >= 0.6 is 0 Å². The van der Waals surface area contributed by atoms with E-state index >= 15 is 0 Å². The maximum absolute atomic E-state index is 9.36. The van der Waals surface area contributed by atoms with Crippen molar-refractivity contribution in [3.05, 3.63) is 0 Å². The van der Waals surface area contributed by atoms with Gasteiger partial charge < -0.3 is 32.9 Å². The molecule has 0 unspecified atom stereocenters. The fourth-order valence-electron chi connectivity index (χ4n) is 0.153. The van der Waals surface area contributed by atoms with Gasteiger partial charge in [-0.1, -0.05) is 0 Å². The van der Waals surface area contributed by atoms with Gasteiger partial charge in [-0.05, 0) is 0 Å². The largest absolute Gasteiger partial charge is 1.00 e.